The summed E-state index contributed by atoms with van der Waals surface area (Å²) in [6.45, 7) is 7.64. The van der Waals surface area contributed by atoms with Crippen LogP contribution in [0.15, 0.2) is 53.0 Å². The second-order valence-electron chi connectivity index (χ2n) is 5.89. The molecule has 0 spiro atoms. The van der Waals surface area contributed by atoms with E-state index in [2.05, 4.69) is 90.5 Å². The van der Waals surface area contributed by atoms with Gasteiger partial charge in [0.1, 0.15) is 0 Å². The Morgan fingerprint density at radius 3 is 2.33 bits per heavy atom. The van der Waals surface area contributed by atoms with Gasteiger partial charge in [-0.1, -0.05) is 73.1 Å². The van der Waals surface area contributed by atoms with Crippen molar-refractivity contribution in [2.24, 2.45) is 5.92 Å². The third-order valence-corrected chi connectivity index (χ3v) is 4.07. The van der Waals surface area contributed by atoms with Crippen LogP contribution in [0.2, 0.25) is 0 Å². The first kappa shape index (κ1) is 16.3. The van der Waals surface area contributed by atoms with E-state index in [4.69, 9.17) is 0 Å². The predicted molar refractivity (Wildman–Crippen MR) is 94.6 cm³/mol. The molecule has 0 heterocycles. The van der Waals surface area contributed by atoms with Crippen LogP contribution in [0.25, 0.3) is 0 Å². The van der Waals surface area contributed by atoms with Crippen molar-refractivity contribution >= 4 is 15.9 Å². The van der Waals surface area contributed by atoms with Crippen molar-refractivity contribution in [1.29, 1.82) is 0 Å². The fourth-order valence-corrected chi connectivity index (χ4v) is 2.92. The van der Waals surface area contributed by atoms with E-state index in [9.17, 15) is 0 Å². The summed E-state index contributed by atoms with van der Waals surface area (Å²) in [5.41, 5.74) is 4.07. The molecule has 21 heavy (non-hydrogen) atoms. The van der Waals surface area contributed by atoms with Crippen LogP contribution in [-0.4, -0.2) is 6.54 Å². The molecule has 1 atom stereocenters. The van der Waals surface area contributed by atoms with E-state index in [0.717, 1.165) is 17.4 Å². The lowest BCUT2D eigenvalue weighted by Gasteiger charge is -2.20. The largest absolute Gasteiger partial charge is 0.307 e. The van der Waals surface area contributed by atoms with Crippen LogP contribution in [0, 0.1) is 5.92 Å². The van der Waals surface area contributed by atoms with E-state index < -0.39 is 0 Å². The second kappa shape index (κ2) is 7.77. The van der Waals surface area contributed by atoms with Crippen LogP contribution in [0.5, 0.6) is 0 Å². The number of halogens is 1. The van der Waals surface area contributed by atoms with Crippen molar-refractivity contribution in [3.05, 3.63) is 69.7 Å². The molecule has 0 amide bonds. The summed E-state index contributed by atoms with van der Waals surface area (Å²) in [5, 5.41) is 3.60. The van der Waals surface area contributed by atoms with E-state index in [1.165, 1.54) is 16.7 Å². The molecule has 0 aliphatic heterocycles. The maximum atomic E-state index is 3.60. The van der Waals surface area contributed by atoms with Crippen LogP contribution in [-0.2, 0) is 6.42 Å². The van der Waals surface area contributed by atoms with Crippen LogP contribution < -0.4 is 5.32 Å². The molecule has 0 aliphatic carbocycles. The molecule has 0 aliphatic rings. The van der Waals surface area contributed by atoms with Crippen molar-refractivity contribution in [2.75, 3.05) is 6.54 Å². The van der Waals surface area contributed by atoms with Gasteiger partial charge in [0.05, 0.1) is 6.04 Å². The summed E-state index contributed by atoms with van der Waals surface area (Å²) in [4.78, 5) is 0. The summed E-state index contributed by atoms with van der Waals surface area (Å²) in [6, 6.07) is 17.8. The Morgan fingerprint density at radius 1 is 1.00 bits per heavy atom. The number of hydrogen-bond donors (Lipinski definition) is 1. The molecular weight excluding hydrogens is 322 g/mol. The fraction of sp³-hybridized carbons (Fsp3) is 0.368. The normalized spacial score (nSPS) is 12.6. The Hall–Kier alpha value is -1.12. The van der Waals surface area contributed by atoms with Gasteiger partial charge < -0.3 is 5.32 Å². The molecule has 1 unspecified atom stereocenters. The zero-order valence-electron chi connectivity index (χ0n) is 13.1. The van der Waals surface area contributed by atoms with Crippen molar-refractivity contribution in [3.63, 3.8) is 0 Å². The SMILES string of the molecule is CCNC(c1ccc(Br)cc1)c1cccc(CC(C)C)c1. The van der Waals surface area contributed by atoms with Crippen LogP contribution in [0.3, 0.4) is 0 Å². The van der Waals surface area contributed by atoms with E-state index in [1.807, 2.05) is 0 Å². The highest BCUT2D eigenvalue weighted by molar-refractivity contribution is 9.10. The van der Waals surface area contributed by atoms with Gasteiger partial charge in [0.2, 0.25) is 0 Å². The van der Waals surface area contributed by atoms with Gasteiger partial charge in [-0.2, -0.15) is 0 Å². The molecule has 2 heteroatoms. The molecule has 0 saturated heterocycles. The number of hydrogen-bond acceptors (Lipinski definition) is 1. The molecular formula is C19H24BrN. The van der Waals surface area contributed by atoms with Gasteiger partial charge in [0, 0.05) is 4.47 Å². The predicted octanol–water partition coefficient (Wildman–Crippen LogP) is 5.35. The molecule has 0 aromatic heterocycles. The first-order valence-electron chi connectivity index (χ1n) is 7.67. The molecule has 0 fully saturated rings. The van der Waals surface area contributed by atoms with Crippen molar-refractivity contribution < 1.29 is 0 Å². The number of rotatable bonds is 6. The minimum atomic E-state index is 0.259. The molecule has 2 aromatic carbocycles. The summed E-state index contributed by atoms with van der Waals surface area (Å²) in [5.74, 6) is 0.686. The highest BCUT2D eigenvalue weighted by Gasteiger charge is 2.13. The van der Waals surface area contributed by atoms with Gasteiger partial charge >= 0.3 is 0 Å². The Bertz CT molecular complexity index is 560. The zero-order chi connectivity index (χ0) is 15.2. The van der Waals surface area contributed by atoms with Crippen molar-refractivity contribution in [1.82, 2.24) is 5.32 Å². The zero-order valence-corrected chi connectivity index (χ0v) is 14.7. The molecule has 0 saturated carbocycles. The summed E-state index contributed by atoms with van der Waals surface area (Å²) >= 11 is 3.51. The standard InChI is InChI=1S/C19H24BrN/c1-4-21-19(16-8-10-18(20)11-9-16)17-7-5-6-15(13-17)12-14(2)3/h5-11,13-14,19,21H,4,12H2,1-3H3. The molecule has 0 radical (unpaired) electrons. The average Bonchev–Trinajstić information content (AvgIpc) is 2.45. The summed E-state index contributed by atoms with van der Waals surface area (Å²) in [6.07, 6.45) is 1.13. The fourth-order valence-electron chi connectivity index (χ4n) is 2.66. The lowest BCUT2D eigenvalue weighted by molar-refractivity contribution is 0.623. The monoisotopic (exact) mass is 345 g/mol. The van der Waals surface area contributed by atoms with Crippen molar-refractivity contribution in [2.45, 2.75) is 33.2 Å². The lowest BCUT2D eigenvalue weighted by Crippen LogP contribution is -2.22. The van der Waals surface area contributed by atoms with E-state index in [0.29, 0.717) is 5.92 Å². The first-order chi connectivity index (χ1) is 10.1. The Labute approximate surface area is 136 Å². The molecule has 0 bridgehead atoms. The third kappa shape index (κ3) is 4.69. The lowest BCUT2D eigenvalue weighted by atomic mass is 9.94. The highest BCUT2D eigenvalue weighted by atomic mass is 79.9. The van der Waals surface area contributed by atoms with Gasteiger partial charge in [-0.25, -0.2) is 0 Å². The van der Waals surface area contributed by atoms with Crippen molar-refractivity contribution in [3.8, 4) is 0 Å². The van der Waals surface area contributed by atoms with Crippen LogP contribution in [0.1, 0.15) is 43.5 Å². The average molecular weight is 346 g/mol. The van der Waals surface area contributed by atoms with Gasteiger partial charge in [-0.3, -0.25) is 0 Å². The quantitative estimate of drug-likeness (QED) is 0.744. The van der Waals surface area contributed by atoms with Gasteiger partial charge in [0.25, 0.3) is 0 Å². The van der Waals surface area contributed by atoms with Gasteiger partial charge in [-0.15, -0.1) is 0 Å². The number of nitrogens with one attached hydrogen (secondary N) is 1. The van der Waals surface area contributed by atoms with Gasteiger partial charge in [0.15, 0.2) is 0 Å². The minimum absolute atomic E-state index is 0.259. The summed E-state index contributed by atoms with van der Waals surface area (Å²) < 4.78 is 1.12. The molecule has 1 N–H and O–H groups in total. The smallest absolute Gasteiger partial charge is 0.0576 e. The number of benzene rings is 2. The topological polar surface area (TPSA) is 12.0 Å². The third-order valence-electron chi connectivity index (χ3n) is 3.54. The molecule has 2 aromatic rings. The molecule has 2 rings (SSSR count). The molecule has 1 nitrogen and oxygen atoms in total. The highest BCUT2D eigenvalue weighted by Crippen LogP contribution is 2.25. The van der Waals surface area contributed by atoms with E-state index >= 15 is 0 Å². The Morgan fingerprint density at radius 2 is 1.71 bits per heavy atom. The summed E-state index contributed by atoms with van der Waals surface area (Å²) in [7, 11) is 0. The van der Waals surface area contributed by atoms with Crippen LogP contribution in [0.4, 0.5) is 0 Å². The molecule has 112 valence electrons. The van der Waals surface area contributed by atoms with E-state index in [1.54, 1.807) is 0 Å². The van der Waals surface area contributed by atoms with Crippen LogP contribution >= 0.6 is 15.9 Å². The Balaban J connectivity index is 2.31. The second-order valence-corrected chi connectivity index (χ2v) is 6.80. The van der Waals surface area contributed by atoms with Gasteiger partial charge in [-0.05, 0) is 47.7 Å². The minimum Gasteiger partial charge on any atom is -0.307 e. The van der Waals surface area contributed by atoms with E-state index in [-0.39, 0.29) is 6.04 Å². The maximum absolute atomic E-state index is 3.60. The Kier molecular flexibility index (Phi) is 6.01. The first-order valence-corrected chi connectivity index (χ1v) is 8.47. The maximum Gasteiger partial charge on any atom is 0.0576 e.